The van der Waals surface area contributed by atoms with Crippen LogP contribution in [-0.2, 0) is 15.9 Å². The van der Waals surface area contributed by atoms with Gasteiger partial charge in [-0.1, -0.05) is 38.1 Å². The Balaban J connectivity index is 1.70. The van der Waals surface area contributed by atoms with Gasteiger partial charge in [-0.15, -0.1) is 0 Å². The van der Waals surface area contributed by atoms with Crippen molar-refractivity contribution in [1.82, 2.24) is 5.32 Å². The lowest BCUT2D eigenvalue weighted by atomic mass is 9.97. The van der Waals surface area contributed by atoms with Gasteiger partial charge in [0, 0.05) is 19.7 Å². The molecule has 1 atom stereocenters. The average Bonchev–Trinajstić information content (AvgIpc) is 2.42. The third kappa shape index (κ3) is 4.60. The van der Waals surface area contributed by atoms with E-state index in [1.807, 2.05) is 0 Å². The summed E-state index contributed by atoms with van der Waals surface area (Å²) in [6.07, 6.45) is 1.22. The summed E-state index contributed by atoms with van der Waals surface area (Å²) in [7, 11) is 0. The molecular formula is C16H25NO2. The first-order chi connectivity index (χ1) is 9.27. The number of hydrogen-bond acceptors (Lipinski definition) is 3. The molecule has 1 aromatic carbocycles. The van der Waals surface area contributed by atoms with Gasteiger partial charge in [-0.2, -0.15) is 0 Å². The molecule has 0 bridgehead atoms. The zero-order valence-electron chi connectivity index (χ0n) is 12.0. The molecule has 3 heteroatoms. The molecule has 0 saturated heterocycles. The lowest BCUT2D eigenvalue weighted by Crippen LogP contribution is -2.29. The standard InChI is InChI=1S/C16H25NO2/c1-13(2)12-18-10-8-17-11-16-15-6-4-3-5-14(15)7-9-19-16/h3-6,13,16-17H,7-12H2,1-2H3. The minimum absolute atomic E-state index is 0.190. The summed E-state index contributed by atoms with van der Waals surface area (Å²) in [5.74, 6) is 0.605. The molecule has 1 aromatic rings. The Morgan fingerprint density at radius 3 is 3.05 bits per heavy atom. The minimum Gasteiger partial charge on any atom is -0.380 e. The van der Waals surface area contributed by atoms with Crippen LogP contribution in [0.5, 0.6) is 0 Å². The van der Waals surface area contributed by atoms with Gasteiger partial charge in [0.05, 0.1) is 19.3 Å². The van der Waals surface area contributed by atoms with Crippen LogP contribution in [-0.4, -0.2) is 32.9 Å². The van der Waals surface area contributed by atoms with Gasteiger partial charge in [-0.3, -0.25) is 0 Å². The quantitative estimate of drug-likeness (QED) is 0.767. The van der Waals surface area contributed by atoms with E-state index >= 15 is 0 Å². The second kappa shape index (κ2) is 7.63. The first kappa shape index (κ1) is 14.5. The Kier molecular flexibility index (Phi) is 5.83. The topological polar surface area (TPSA) is 30.5 Å². The van der Waals surface area contributed by atoms with E-state index in [1.54, 1.807) is 0 Å². The van der Waals surface area contributed by atoms with Crippen molar-refractivity contribution < 1.29 is 9.47 Å². The maximum absolute atomic E-state index is 5.85. The van der Waals surface area contributed by atoms with Crippen LogP contribution in [0.4, 0.5) is 0 Å². The number of benzene rings is 1. The third-order valence-electron chi connectivity index (χ3n) is 3.30. The highest BCUT2D eigenvalue weighted by atomic mass is 16.5. The molecule has 0 amide bonds. The van der Waals surface area contributed by atoms with E-state index in [-0.39, 0.29) is 6.10 Å². The number of rotatable bonds is 7. The Hall–Kier alpha value is -0.900. The SMILES string of the molecule is CC(C)COCCNCC1OCCc2ccccc21. The summed E-state index contributed by atoms with van der Waals surface area (Å²) in [4.78, 5) is 0. The molecule has 19 heavy (non-hydrogen) atoms. The molecule has 3 nitrogen and oxygen atoms in total. The molecule has 0 aliphatic carbocycles. The zero-order valence-corrected chi connectivity index (χ0v) is 12.0. The van der Waals surface area contributed by atoms with Crippen LogP contribution in [0.2, 0.25) is 0 Å². The maximum atomic E-state index is 5.85. The summed E-state index contributed by atoms with van der Waals surface area (Å²) in [5, 5.41) is 3.42. The molecule has 0 aromatic heterocycles. The molecule has 1 N–H and O–H groups in total. The van der Waals surface area contributed by atoms with Crippen LogP contribution < -0.4 is 5.32 Å². The Labute approximate surface area is 116 Å². The number of nitrogens with one attached hydrogen (secondary N) is 1. The van der Waals surface area contributed by atoms with Gasteiger partial charge in [0.2, 0.25) is 0 Å². The Morgan fingerprint density at radius 2 is 2.21 bits per heavy atom. The fourth-order valence-corrected chi connectivity index (χ4v) is 2.34. The van der Waals surface area contributed by atoms with Gasteiger partial charge in [-0.25, -0.2) is 0 Å². The maximum Gasteiger partial charge on any atom is 0.0952 e. The van der Waals surface area contributed by atoms with Crippen LogP contribution >= 0.6 is 0 Å². The second-order valence-electron chi connectivity index (χ2n) is 5.48. The molecule has 1 heterocycles. The first-order valence-electron chi connectivity index (χ1n) is 7.25. The van der Waals surface area contributed by atoms with E-state index in [4.69, 9.17) is 9.47 Å². The van der Waals surface area contributed by atoms with Crippen molar-refractivity contribution in [2.45, 2.75) is 26.4 Å². The molecule has 2 rings (SSSR count). The molecule has 0 spiro atoms. The van der Waals surface area contributed by atoms with E-state index in [0.717, 1.165) is 39.3 Å². The van der Waals surface area contributed by atoms with Gasteiger partial charge in [-0.05, 0) is 23.5 Å². The lowest BCUT2D eigenvalue weighted by Gasteiger charge is -2.26. The van der Waals surface area contributed by atoms with Crippen LogP contribution in [0.3, 0.4) is 0 Å². The summed E-state index contributed by atoms with van der Waals surface area (Å²) in [6, 6.07) is 8.58. The molecule has 106 valence electrons. The molecule has 1 unspecified atom stereocenters. The summed E-state index contributed by atoms with van der Waals surface area (Å²) in [5.41, 5.74) is 2.76. The highest BCUT2D eigenvalue weighted by Gasteiger charge is 2.19. The van der Waals surface area contributed by atoms with Gasteiger partial charge in [0.1, 0.15) is 0 Å². The lowest BCUT2D eigenvalue weighted by molar-refractivity contribution is 0.0400. The smallest absolute Gasteiger partial charge is 0.0952 e. The molecule has 0 saturated carbocycles. The fourth-order valence-electron chi connectivity index (χ4n) is 2.34. The normalized spacial score (nSPS) is 18.6. The summed E-state index contributed by atoms with van der Waals surface area (Å²) < 4.78 is 11.4. The summed E-state index contributed by atoms with van der Waals surface area (Å²) in [6.45, 7) is 8.52. The minimum atomic E-state index is 0.190. The van der Waals surface area contributed by atoms with Crippen LogP contribution in [0.1, 0.15) is 31.1 Å². The molecule has 1 aliphatic rings. The fraction of sp³-hybridized carbons (Fsp3) is 0.625. The van der Waals surface area contributed by atoms with Crippen molar-refractivity contribution in [2.75, 3.05) is 32.9 Å². The van der Waals surface area contributed by atoms with Crippen LogP contribution in [0, 0.1) is 5.92 Å². The molecular weight excluding hydrogens is 238 g/mol. The summed E-state index contributed by atoms with van der Waals surface area (Å²) >= 11 is 0. The zero-order chi connectivity index (χ0) is 13.5. The van der Waals surface area contributed by atoms with Crippen molar-refractivity contribution in [3.8, 4) is 0 Å². The van der Waals surface area contributed by atoms with Crippen molar-refractivity contribution >= 4 is 0 Å². The molecule has 0 fully saturated rings. The number of hydrogen-bond donors (Lipinski definition) is 1. The van der Waals surface area contributed by atoms with Crippen LogP contribution in [0.25, 0.3) is 0 Å². The van der Waals surface area contributed by atoms with Gasteiger partial charge < -0.3 is 14.8 Å². The third-order valence-corrected chi connectivity index (χ3v) is 3.30. The van der Waals surface area contributed by atoms with Crippen molar-refractivity contribution in [1.29, 1.82) is 0 Å². The van der Waals surface area contributed by atoms with E-state index < -0.39 is 0 Å². The van der Waals surface area contributed by atoms with Gasteiger partial charge >= 0.3 is 0 Å². The highest BCUT2D eigenvalue weighted by molar-refractivity contribution is 5.31. The Morgan fingerprint density at radius 1 is 1.37 bits per heavy atom. The second-order valence-corrected chi connectivity index (χ2v) is 5.48. The molecule has 0 radical (unpaired) electrons. The van der Waals surface area contributed by atoms with E-state index in [2.05, 4.69) is 43.4 Å². The van der Waals surface area contributed by atoms with E-state index in [1.165, 1.54) is 11.1 Å². The molecule has 1 aliphatic heterocycles. The number of ether oxygens (including phenoxy) is 2. The van der Waals surface area contributed by atoms with Gasteiger partial charge in [0.15, 0.2) is 0 Å². The van der Waals surface area contributed by atoms with Crippen molar-refractivity contribution in [3.63, 3.8) is 0 Å². The van der Waals surface area contributed by atoms with E-state index in [0.29, 0.717) is 5.92 Å². The monoisotopic (exact) mass is 263 g/mol. The van der Waals surface area contributed by atoms with Crippen molar-refractivity contribution in [2.24, 2.45) is 5.92 Å². The first-order valence-corrected chi connectivity index (χ1v) is 7.25. The largest absolute Gasteiger partial charge is 0.380 e. The van der Waals surface area contributed by atoms with Gasteiger partial charge in [0.25, 0.3) is 0 Å². The predicted octanol–water partition coefficient (Wildman–Crippen LogP) is 2.56. The highest BCUT2D eigenvalue weighted by Crippen LogP contribution is 2.25. The van der Waals surface area contributed by atoms with E-state index in [9.17, 15) is 0 Å². The van der Waals surface area contributed by atoms with Crippen molar-refractivity contribution in [3.05, 3.63) is 35.4 Å². The predicted molar refractivity (Wildman–Crippen MR) is 77.4 cm³/mol. The Bertz CT molecular complexity index is 379. The average molecular weight is 263 g/mol. The number of fused-ring (bicyclic) bond motifs is 1. The van der Waals surface area contributed by atoms with Crippen LogP contribution in [0.15, 0.2) is 24.3 Å².